The van der Waals surface area contributed by atoms with E-state index in [2.05, 4.69) is 75.4 Å². The molecule has 0 aromatic heterocycles. The van der Waals surface area contributed by atoms with Gasteiger partial charge >= 0.3 is 6.09 Å². The predicted octanol–water partition coefficient (Wildman–Crippen LogP) is 9.87. The summed E-state index contributed by atoms with van der Waals surface area (Å²) in [6.45, 7) is 26.3. The van der Waals surface area contributed by atoms with E-state index in [0.29, 0.717) is 45.8 Å². The van der Waals surface area contributed by atoms with Gasteiger partial charge in [0.25, 0.3) is 14.2 Å². The van der Waals surface area contributed by atoms with Crippen LogP contribution in [0.1, 0.15) is 91.6 Å². The molecule has 0 aliphatic carbocycles. The fourth-order valence-electron chi connectivity index (χ4n) is 7.01. The summed E-state index contributed by atoms with van der Waals surface area (Å²) >= 11 is 0. The molecule has 0 saturated heterocycles. The van der Waals surface area contributed by atoms with Crippen molar-refractivity contribution < 1.29 is 27.9 Å². The number of ether oxygens (including phenoxy) is 2. The summed E-state index contributed by atoms with van der Waals surface area (Å²) in [7, 11) is -3.35. The average molecular weight is 681 g/mol. The molecule has 0 spiro atoms. The summed E-state index contributed by atoms with van der Waals surface area (Å²) in [5.74, 6) is 0.783. The number of nitrogens with zero attached hydrogens (tertiary/aromatic N) is 2. The standard InChI is InChI=1S/C37H56N2O6Si2/c1-24(2)47(25(3)4,26(5)6)44-33-21-30-29(20-32(33)42-11)34(40)38-22-27(7)19-31(38)35(45-46(12,13)37(8,9)10)39(30)36(41)43-23-28-17-15-14-16-18-28/h14-18,20-22,24-26,31,35H,19,23H2,1-13H3. The normalized spacial score (nSPS) is 18.7. The molecular formula is C37H56N2O6Si2. The lowest BCUT2D eigenvalue weighted by Gasteiger charge is -2.44. The number of anilines is 1. The minimum atomic E-state index is -2.49. The second kappa shape index (κ2) is 13.8. The Hall–Kier alpha value is -3.09. The second-order valence-corrected chi connectivity index (χ2v) is 25.7. The molecule has 2 aromatic rings. The molecule has 10 heteroatoms. The summed E-state index contributed by atoms with van der Waals surface area (Å²) in [5.41, 5.74) is 3.56. The Bertz CT molecular complexity index is 1460. The Kier molecular flexibility index (Phi) is 10.8. The minimum absolute atomic E-state index is 0.0848. The van der Waals surface area contributed by atoms with Crippen molar-refractivity contribution in [3.8, 4) is 11.5 Å². The zero-order chi connectivity index (χ0) is 35.1. The Morgan fingerprint density at radius 2 is 1.55 bits per heavy atom. The quantitative estimate of drug-likeness (QED) is 0.233. The molecule has 2 heterocycles. The van der Waals surface area contributed by atoms with Gasteiger partial charge in [-0.2, -0.15) is 0 Å². The molecule has 2 aliphatic rings. The molecular weight excluding hydrogens is 625 g/mol. The van der Waals surface area contributed by atoms with E-state index in [-0.39, 0.29) is 17.6 Å². The number of carbonyl (C=O) groups excluding carboxylic acids is 2. The van der Waals surface area contributed by atoms with Crippen molar-refractivity contribution in [1.29, 1.82) is 0 Å². The highest BCUT2D eigenvalue weighted by Crippen LogP contribution is 2.49. The highest BCUT2D eigenvalue weighted by atomic mass is 28.4. The summed E-state index contributed by atoms with van der Waals surface area (Å²) in [6.07, 6.45) is 1.10. The van der Waals surface area contributed by atoms with Crippen LogP contribution in [0.3, 0.4) is 0 Å². The summed E-state index contributed by atoms with van der Waals surface area (Å²) in [5, 5.41) is -0.150. The van der Waals surface area contributed by atoms with Crippen LogP contribution in [0, 0.1) is 0 Å². The molecule has 0 saturated carbocycles. The first kappa shape index (κ1) is 36.7. The molecule has 47 heavy (non-hydrogen) atoms. The predicted molar refractivity (Wildman–Crippen MR) is 194 cm³/mol. The highest BCUT2D eigenvalue weighted by Gasteiger charge is 2.52. The third-order valence-corrected chi connectivity index (χ3v) is 20.9. The molecule has 8 nitrogen and oxygen atoms in total. The van der Waals surface area contributed by atoms with Crippen LogP contribution in [0.5, 0.6) is 11.5 Å². The maximum Gasteiger partial charge on any atom is 0.416 e. The van der Waals surface area contributed by atoms with Crippen LogP contribution < -0.4 is 14.1 Å². The summed E-state index contributed by atoms with van der Waals surface area (Å²) in [4.78, 5) is 32.3. The molecule has 0 bridgehead atoms. The van der Waals surface area contributed by atoms with Crippen LogP contribution in [0.2, 0.25) is 34.8 Å². The van der Waals surface area contributed by atoms with Gasteiger partial charge in [0.1, 0.15) is 12.4 Å². The smallest absolute Gasteiger partial charge is 0.416 e. The number of hydrogen-bond acceptors (Lipinski definition) is 6. The Morgan fingerprint density at radius 3 is 2.09 bits per heavy atom. The van der Waals surface area contributed by atoms with Crippen LogP contribution in [0.15, 0.2) is 54.2 Å². The minimum Gasteiger partial charge on any atom is -0.540 e. The van der Waals surface area contributed by atoms with E-state index in [0.717, 1.165) is 11.1 Å². The van der Waals surface area contributed by atoms with Gasteiger partial charge in [0, 0.05) is 12.3 Å². The SMILES string of the molecule is COc1cc2c(cc1O[Si](C(C)C)(C(C)C)C(C)C)N(C(=O)OCc1ccccc1)C(O[Si](C)(C)C(C)(C)C)C1CC(C)=CN1C2=O. The number of methoxy groups -OCH3 is 1. The Morgan fingerprint density at radius 1 is 0.957 bits per heavy atom. The van der Waals surface area contributed by atoms with Crippen molar-refractivity contribution in [3.63, 3.8) is 0 Å². The van der Waals surface area contributed by atoms with E-state index in [4.69, 9.17) is 18.3 Å². The van der Waals surface area contributed by atoms with E-state index in [1.54, 1.807) is 23.0 Å². The van der Waals surface area contributed by atoms with Crippen molar-refractivity contribution in [2.24, 2.45) is 0 Å². The lowest BCUT2D eigenvalue weighted by atomic mass is 10.1. The molecule has 258 valence electrons. The van der Waals surface area contributed by atoms with Crippen molar-refractivity contribution in [1.82, 2.24) is 4.90 Å². The van der Waals surface area contributed by atoms with Crippen LogP contribution in [-0.4, -0.2) is 52.9 Å². The summed E-state index contributed by atoms with van der Waals surface area (Å²) < 4.78 is 26.3. The molecule has 2 aliphatic heterocycles. The van der Waals surface area contributed by atoms with E-state index in [9.17, 15) is 9.59 Å². The average Bonchev–Trinajstić information content (AvgIpc) is 3.35. The topological polar surface area (TPSA) is 77.5 Å². The Balaban J connectivity index is 1.97. The lowest BCUT2D eigenvalue weighted by molar-refractivity contribution is 0.0578. The molecule has 2 aromatic carbocycles. The fraction of sp³-hybridized carbons (Fsp3) is 0.568. The molecule has 0 N–H and O–H groups in total. The first-order chi connectivity index (χ1) is 21.9. The van der Waals surface area contributed by atoms with Crippen LogP contribution in [-0.2, 0) is 15.8 Å². The van der Waals surface area contributed by atoms with E-state index in [1.807, 2.05) is 49.5 Å². The van der Waals surface area contributed by atoms with Gasteiger partial charge in [-0.1, -0.05) is 98.2 Å². The molecule has 2 unspecified atom stereocenters. The Labute approximate surface area is 284 Å². The monoisotopic (exact) mass is 680 g/mol. The van der Waals surface area contributed by atoms with E-state index in [1.165, 1.54) is 0 Å². The van der Waals surface area contributed by atoms with Gasteiger partial charge in [-0.05, 0) is 59.7 Å². The molecule has 0 radical (unpaired) electrons. The first-order valence-electron chi connectivity index (χ1n) is 16.9. The van der Waals surface area contributed by atoms with E-state index < -0.39 is 35.0 Å². The molecule has 0 fully saturated rings. The second-order valence-electron chi connectivity index (χ2n) is 15.6. The maximum atomic E-state index is 14.5. The van der Waals surface area contributed by atoms with Crippen LogP contribution in [0.25, 0.3) is 0 Å². The highest BCUT2D eigenvalue weighted by molar-refractivity contribution is 6.78. The zero-order valence-electron chi connectivity index (χ0n) is 30.8. The largest absolute Gasteiger partial charge is 0.540 e. The third-order valence-electron chi connectivity index (χ3n) is 10.5. The first-order valence-corrected chi connectivity index (χ1v) is 22.0. The fourth-order valence-corrected chi connectivity index (χ4v) is 13.5. The van der Waals surface area contributed by atoms with Gasteiger partial charge < -0.3 is 23.2 Å². The number of benzene rings is 2. The van der Waals surface area contributed by atoms with Gasteiger partial charge in [0.15, 0.2) is 20.3 Å². The number of fused-ring (bicyclic) bond motifs is 2. The number of amides is 2. The summed E-state index contributed by atoms with van der Waals surface area (Å²) in [6, 6.07) is 12.7. The van der Waals surface area contributed by atoms with Crippen molar-refractivity contribution in [2.75, 3.05) is 12.0 Å². The van der Waals surface area contributed by atoms with Gasteiger partial charge in [-0.15, -0.1) is 0 Å². The molecule has 2 amide bonds. The lowest BCUT2D eigenvalue weighted by Crippen LogP contribution is -2.57. The maximum absolute atomic E-state index is 14.5. The number of hydrogen-bond donors (Lipinski definition) is 0. The van der Waals surface area contributed by atoms with Crippen molar-refractivity contribution >= 4 is 34.3 Å². The van der Waals surface area contributed by atoms with Gasteiger partial charge in [-0.25, -0.2) is 9.69 Å². The number of carbonyl (C=O) groups is 2. The molecule has 2 atom stereocenters. The molecule has 4 rings (SSSR count). The van der Waals surface area contributed by atoms with Crippen LogP contribution in [0.4, 0.5) is 10.5 Å². The van der Waals surface area contributed by atoms with E-state index >= 15 is 0 Å². The van der Waals surface area contributed by atoms with Crippen LogP contribution >= 0.6 is 0 Å². The number of rotatable bonds is 10. The van der Waals surface area contributed by atoms with Gasteiger partial charge in [-0.3, -0.25) is 4.79 Å². The third kappa shape index (κ3) is 7.05. The van der Waals surface area contributed by atoms with Gasteiger partial charge in [0.05, 0.1) is 24.4 Å². The van der Waals surface area contributed by atoms with Crippen molar-refractivity contribution in [3.05, 3.63) is 65.4 Å². The zero-order valence-corrected chi connectivity index (χ0v) is 32.8. The van der Waals surface area contributed by atoms with Crippen molar-refractivity contribution in [2.45, 2.75) is 129 Å². The van der Waals surface area contributed by atoms with Gasteiger partial charge in [0.2, 0.25) is 0 Å².